The molecule has 4 rings (SSSR count). The van der Waals surface area contributed by atoms with Crippen LogP contribution < -0.4 is 9.47 Å². The molecule has 2 atom stereocenters. The van der Waals surface area contributed by atoms with E-state index in [1.807, 2.05) is 13.8 Å². The Morgan fingerprint density at radius 2 is 1.58 bits per heavy atom. The van der Waals surface area contributed by atoms with E-state index in [2.05, 4.69) is 0 Å². The maximum absolute atomic E-state index is 10.6. The van der Waals surface area contributed by atoms with Crippen molar-refractivity contribution in [2.75, 3.05) is 0 Å². The van der Waals surface area contributed by atoms with Gasteiger partial charge in [0.1, 0.15) is 18.0 Å². The van der Waals surface area contributed by atoms with E-state index in [1.165, 1.54) is 0 Å². The summed E-state index contributed by atoms with van der Waals surface area (Å²) in [7, 11) is 0. The largest absolute Gasteiger partial charge is 0.504 e. The Morgan fingerprint density at radius 3 is 2.21 bits per heavy atom. The zero-order chi connectivity index (χ0) is 13.4. The maximum atomic E-state index is 10.6. The van der Waals surface area contributed by atoms with Crippen LogP contribution in [-0.4, -0.2) is 22.4 Å². The lowest BCUT2D eigenvalue weighted by atomic mass is 9.92. The van der Waals surface area contributed by atoms with Crippen LogP contribution in [0.15, 0.2) is 0 Å². The van der Waals surface area contributed by atoms with E-state index < -0.39 is 5.60 Å². The van der Waals surface area contributed by atoms with Crippen molar-refractivity contribution in [3.63, 3.8) is 0 Å². The minimum atomic E-state index is -0.765. The van der Waals surface area contributed by atoms with Gasteiger partial charge in [0.15, 0.2) is 11.5 Å². The summed E-state index contributed by atoms with van der Waals surface area (Å²) in [4.78, 5) is 0. The topological polar surface area (TPSA) is 58.9 Å². The number of phenols is 1. The first-order chi connectivity index (χ1) is 8.99. The predicted molar refractivity (Wildman–Crippen MR) is 68.8 cm³/mol. The minimum absolute atomic E-state index is 0.0435. The second-order valence-electron chi connectivity index (χ2n) is 6.14. The third kappa shape index (κ3) is 1.43. The molecule has 4 heteroatoms. The van der Waals surface area contributed by atoms with Crippen LogP contribution in [0.5, 0.6) is 17.2 Å². The van der Waals surface area contributed by atoms with E-state index in [0.29, 0.717) is 17.9 Å². The molecule has 1 fully saturated rings. The molecule has 0 radical (unpaired) electrons. The summed E-state index contributed by atoms with van der Waals surface area (Å²) in [6, 6.07) is 0. The fraction of sp³-hybridized carbons (Fsp3) is 0.600. The van der Waals surface area contributed by atoms with Crippen LogP contribution in [0, 0.1) is 0 Å². The second kappa shape index (κ2) is 3.37. The highest BCUT2D eigenvalue weighted by Crippen LogP contribution is 2.59. The number of ether oxygens (including phenoxy) is 2. The van der Waals surface area contributed by atoms with Crippen LogP contribution in [0.2, 0.25) is 0 Å². The molecule has 102 valence electrons. The predicted octanol–water partition coefficient (Wildman–Crippen LogP) is 2.02. The Kier molecular flexibility index (Phi) is 2.02. The zero-order valence-electron chi connectivity index (χ0n) is 11.2. The van der Waals surface area contributed by atoms with Crippen molar-refractivity contribution in [1.29, 1.82) is 0 Å². The van der Waals surface area contributed by atoms with Gasteiger partial charge in [0.25, 0.3) is 0 Å². The fourth-order valence-electron chi connectivity index (χ4n) is 3.35. The molecule has 1 saturated carbocycles. The first-order valence-corrected chi connectivity index (χ1v) is 6.96. The van der Waals surface area contributed by atoms with E-state index in [1.54, 1.807) is 0 Å². The molecule has 2 heterocycles. The van der Waals surface area contributed by atoms with Crippen molar-refractivity contribution < 1.29 is 19.7 Å². The average Bonchev–Trinajstić information content (AvgIpc) is 2.79. The lowest BCUT2D eigenvalue weighted by Gasteiger charge is -2.18. The number of fused-ring (bicyclic) bond motifs is 2. The molecule has 2 N–H and O–H groups in total. The summed E-state index contributed by atoms with van der Waals surface area (Å²) in [5.74, 6) is 1.49. The average molecular weight is 262 g/mol. The van der Waals surface area contributed by atoms with Gasteiger partial charge in [-0.3, -0.25) is 0 Å². The van der Waals surface area contributed by atoms with Crippen molar-refractivity contribution in [2.24, 2.45) is 0 Å². The number of hydrogen-bond donors (Lipinski definition) is 2. The van der Waals surface area contributed by atoms with Crippen LogP contribution in [0.4, 0.5) is 0 Å². The summed E-state index contributed by atoms with van der Waals surface area (Å²) in [5, 5.41) is 21.0. The van der Waals surface area contributed by atoms with E-state index >= 15 is 0 Å². The third-order valence-corrected chi connectivity index (χ3v) is 4.39. The van der Waals surface area contributed by atoms with Crippen molar-refractivity contribution in [2.45, 2.75) is 57.3 Å². The molecular weight excluding hydrogens is 244 g/mol. The number of benzene rings is 1. The molecule has 2 aliphatic heterocycles. The van der Waals surface area contributed by atoms with Gasteiger partial charge in [-0.25, -0.2) is 0 Å². The lowest BCUT2D eigenvalue weighted by molar-refractivity contribution is 0.143. The molecule has 1 aliphatic carbocycles. The van der Waals surface area contributed by atoms with Gasteiger partial charge in [-0.1, -0.05) is 0 Å². The highest BCUT2D eigenvalue weighted by molar-refractivity contribution is 5.67. The van der Waals surface area contributed by atoms with Crippen LogP contribution in [0.25, 0.3) is 0 Å². The molecule has 3 aliphatic rings. The quantitative estimate of drug-likeness (QED) is 0.813. The van der Waals surface area contributed by atoms with E-state index in [0.717, 1.165) is 36.0 Å². The monoisotopic (exact) mass is 262 g/mol. The lowest BCUT2D eigenvalue weighted by Crippen LogP contribution is -2.12. The Bertz CT molecular complexity index is 535. The van der Waals surface area contributed by atoms with Gasteiger partial charge in [-0.05, 0) is 26.7 Å². The van der Waals surface area contributed by atoms with Gasteiger partial charge in [0.2, 0.25) is 0 Å². The first kappa shape index (κ1) is 11.4. The highest BCUT2D eigenvalue weighted by atomic mass is 16.5. The Balaban J connectivity index is 2.00. The van der Waals surface area contributed by atoms with E-state index in [-0.39, 0.29) is 18.0 Å². The van der Waals surface area contributed by atoms with Gasteiger partial charge in [-0.2, -0.15) is 0 Å². The number of phenolic OH excluding ortho intramolecular Hbond substituents is 1. The zero-order valence-corrected chi connectivity index (χ0v) is 11.2. The fourth-order valence-corrected chi connectivity index (χ4v) is 3.35. The molecule has 0 amide bonds. The van der Waals surface area contributed by atoms with Crippen molar-refractivity contribution in [3.05, 3.63) is 16.7 Å². The van der Waals surface area contributed by atoms with Gasteiger partial charge in [0.05, 0.1) is 5.60 Å². The number of aliphatic hydroxyl groups is 1. The smallest absolute Gasteiger partial charge is 0.165 e. The second-order valence-corrected chi connectivity index (χ2v) is 6.14. The minimum Gasteiger partial charge on any atom is -0.504 e. The van der Waals surface area contributed by atoms with Crippen LogP contribution >= 0.6 is 0 Å². The molecule has 1 aromatic carbocycles. The Morgan fingerprint density at radius 1 is 1.00 bits per heavy atom. The Labute approximate surface area is 112 Å². The molecule has 0 saturated heterocycles. The molecule has 19 heavy (non-hydrogen) atoms. The van der Waals surface area contributed by atoms with Crippen LogP contribution in [0.1, 0.15) is 43.4 Å². The number of aromatic hydroxyl groups is 1. The number of rotatable bonds is 1. The van der Waals surface area contributed by atoms with Crippen molar-refractivity contribution in [1.82, 2.24) is 0 Å². The van der Waals surface area contributed by atoms with E-state index in [4.69, 9.17) is 9.47 Å². The van der Waals surface area contributed by atoms with Crippen LogP contribution in [-0.2, 0) is 18.4 Å². The van der Waals surface area contributed by atoms with E-state index in [9.17, 15) is 10.2 Å². The summed E-state index contributed by atoms with van der Waals surface area (Å²) >= 11 is 0. The maximum Gasteiger partial charge on any atom is 0.165 e. The Hall–Kier alpha value is -1.42. The van der Waals surface area contributed by atoms with Gasteiger partial charge < -0.3 is 19.7 Å². The molecule has 4 nitrogen and oxygen atoms in total. The van der Waals surface area contributed by atoms with Gasteiger partial charge >= 0.3 is 0 Å². The summed E-state index contributed by atoms with van der Waals surface area (Å²) in [6.45, 7) is 3.96. The molecule has 0 spiro atoms. The molecule has 2 unspecified atom stereocenters. The molecule has 0 aromatic heterocycles. The van der Waals surface area contributed by atoms with Crippen molar-refractivity contribution >= 4 is 0 Å². The molecule has 0 bridgehead atoms. The van der Waals surface area contributed by atoms with Crippen LogP contribution in [0.3, 0.4) is 0 Å². The van der Waals surface area contributed by atoms with Crippen molar-refractivity contribution in [3.8, 4) is 17.2 Å². The molecule has 1 aromatic rings. The molecular formula is C15H18O4. The standard InChI is InChI=1S/C15H18O4/c1-7-5-9-11(15(17)3-4-15)13-10(6-8(2)18-13)12(16)14(9)19-7/h7-8,16-17H,3-6H2,1-2H3. The SMILES string of the molecule is CC1Cc2c(c(O)c3c(c2C2(O)CC2)OC(C)C3)O1. The van der Waals surface area contributed by atoms with Gasteiger partial charge in [0, 0.05) is 29.5 Å². The summed E-state index contributed by atoms with van der Waals surface area (Å²) in [5.41, 5.74) is 1.86. The third-order valence-electron chi connectivity index (χ3n) is 4.39. The first-order valence-electron chi connectivity index (χ1n) is 6.96. The summed E-state index contributed by atoms with van der Waals surface area (Å²) in [6.07, 6.45) is 3.02. The van der Waals surface area contributed by atoms with Gasteiger partial charge in [-0.15, -0.1) is 0 Å². The number of hydrogen-bond acceptors (Lipinski definition) is 4. The summed E-state index contributed by atoms with van der Waals surface area (Å²) < 4.78 is 11.6. The normalized spacial score (nSPS) is 29.4. The highest BCUT2D eigenvalue weighted by Gasteiger charge is 2.50.